The van der Waals surface area contributed by atoms with E-state index in [2.05, 4.69) is 10.3 Å². The number of benzene rings is 2. The molecule has 0 radical (unpaired) electrons. The summed E-state index contributed by atoms with van der Waals surface area (Å²) in [6.45, 7) is 3.97. The Morgan fingerprint density at radius 2 is 1.74 bits per heavy atom. The minimum absolute atomic E-state index is 0.0221. The van der Waals surface area contributed by atoms with Gasteiger partial charge in [-0.1, -0.05) is 19.1 Å². The first-order valence-electron chi connectivity index (χ1n) is 12.7. The predicted molar refractivity (Wildman–Crippen MR) is 139 cm³/mol. The Morgan fingerprint density at radius 3 is 2.37 bits per heavy atom. The number of hydrogen-bond acceptors (Lipinski definition) is 5. The molecule has 0 unspecified atom stereocenters. The molecule has 1 saturated carbocycles. The summed E-state index contributed by atoms with van der Waals surface area (Å²) >= 11 is 0. The van der Waals surface area contributed by atoms with Crippen LogP contribution in [-0.2, 0) is 16.4 Å². The first kappa shape index (κ1) is 27.9. The highest BCUT2D eigenvalue weighted by Gasteiger charge is 2.41. The van der Waals surface area contributed by atoms with Crippen molar-refractivity contribution < 1.29 is 31.1 Å². The van der Waals surface area contributed by atoms with Gasteiger partial charge in [0, 0.05) is 29.3 Å². The maximum atomic E-state index is 12.9. The third-order valence-electron chi connectivity index (χ3n) is 7.06. The molecule has 0 spiro atoms. The van der Waals surface area contributed by atoms with Gasteiger partial charge < -0.3 is 10.1 Å². The van der Waals surface area contributed by atoms with Crippen molar-refractivity contribution in [1.82, 2.24) is 10.3 Å². The van der Waals surface area contributed by atoms with Crippen molar-refractivity contribution in [1.29, 1.82) is 0 Å². The molecule has 1 N–H and O–H groups in total. The number of sulfone groups is 1. The van der Waals surface area contributed by atoms with Gasteiger partial charge in [0.1, 0.15) is 5.75 Å². The van der Waals surface area contributed by atoms with Gasteiger partial charge in [0.25, 0.3) is 5.91 Å². The molecule has 2 aromatic carbocycles. The molecular weight excluding hydrogens is 517 g/mol. The van der Waals surface area contributed by atoms with Gasteiger partial charge in [-0.3, -0.25) is 9.78 Å². The van der Waals surface area contributed by atoms with Crippen LogP contribution in [0.3, 0.4) is 0 Å². The lowest BCUT2D eigenvalue weighted by atomic mass is 9.82. The first-order chi connectivity index (χ1) is 18.0. The second kappa shape index (κ2) is 11.3. The Labute approximate surface area is 220 Å². The number of ether oxygens (including phenoxy) is 1. The summed E-state index contributed by atoms with van der Waals surface area (Å²) in [5.41, 5.74) is 2.47. The van der Waals surface area contributed by atoms with Gasteiger partial charge in [0.2, 0.25) is 0 Å². The van der Waals surface area contributed by atoms with Crippen LogP contribution in [0.25, 0.3) is 10.9 Å². The van der Waals surface area contributed by atoms with E-state index in [4.69, 9.17) is 4.74 Å². The number of rotatable bonds is 8. The molecular formula is C28H31F3N2O4S. The van der Waals surface area contributed by atoms with Gasteiger partial charge in [-0.25, -0.2) is 8.42 Å². The van der Waals surface area contributed by atoms with E-state index in [-0.39, 0.29) is 41.9 Å². The number of aryl methyl sites for hydroxylation is 1. The number of amides is 1. The summed E-state index contributed by atoms with van der Waals surface area (Å²) in [4.78, 5) is 17.6. The second-order valence-corrected chi connectivity index (χ2v) is 12.1. The Bertz CT molecular complexity index is 1400. The number of nitrogens with zero attached hydrogens (tertiary/aromatic N) is 1. The summed E-state index contributed by atoms with van der Waals surface area (Å²) in [6, 6.07) is 13.3. The van der Waals surface area contributed by atoms with Crippen molar-refractivity contribution in [2.45, 2.75) is 57.1 Å². The van der Waals surface area contributed by atoms with E-state index in [1.165, 1.54) is 12.1 Å². The zero-order valence-corrected chi connectivity index (χ0v) is 22.2. The summed E-state index contributed by atoms with van der Waals surface area (Å²) < 4.78 is 68.8. The molecule has 4 rings (SSSR count). The van der Waals surface area contributed by atoms with Crippen LogP contribution >= 0.6 is 0 Å². The molecule has 0 aliphatic heterocycles. The SMILES string of the molecule is CCS(=O)(=O)c1ccc(CNC(=O)c2ccc3c(OCC4CCC(C(F)(F)F)CC4)cc(C)nc3c2)cc1. The highest BCUT2D eigenvalue weighted by Crippen LogP contribution is 2.40. The number of pyridine rings is 1. The van der Waals surface area contributed by atoms with Crippen LogP contribution in [0.15, 0.2) is 53.4 Å². The molecule has 0 bridgehead atoms. The Hall–Kier alpha value is -3.14. The van der Waals surface area contributed by atoms with Crippen LogP contribution in [0, 0.1) is 18.8 Å². The third kappa shape index (κ3) is 6.64. The lowest BCUT2D eigenvalue weighted by Crippen LogP contribution is -2.29. The second-order valence-electron chi connectivity index (χ2n) is 9.79. The van der Waals surface area contributed by atoms with Crippen LogP contribution in [0.1, 0.15) is 54.2 Å². The van der Waals surface area contributed by atoms with E-state index in [1.807, 2.05) is 6.92 Å². The molecule has 204 valence electrons. The lowest BCUT2D eigenvalue weighted by molar-refractivity contribution is -0.184. The van der Waals surface area contributed by atoms with Crippen LogP contribution in [-0.4, -0.2) is 37.8 Å². The van der Waals surface area contributed by atoms with Crippen molar-refractivity contribution in [2.24, 2.45) is 11.8 Å². The van der Waals surface area contributed by atoms with E-state index in [1.54, 1.807) is 43.3 Å². The molecule has 1 aromatic heterocycles. The fourth-order valence-corrected chi connectivity index (χ4v) is 5.60. The Balaban J connectivity index is 1.39. The molecule has 3 aromatic rings. The van der Waals surface area contributed by atoms with Crippen LogP contribution in [0.5, 0.6) is 5.75 Å². The number of carbonyl (C=O) groups is 1. The zero-order chi connectivity index (χ0) is 27.5. The van der Waals surface area contributed by atoms with E-state index in [9.17, 15) is 26.4 Å². The number of aromatic nitrogens is 1. The average Bonchev–Trinajstić information content (AvgIpc) is 2.89. The summed E-state index contributed by atoms with van der Waals surface area (Å²) in [5.74, 6) is -0.833. The van der Waals surface area contributed by atoms with Gasteiger partial charge in [0.15, 0.2) is 9.84 Å². The highest BCUT2D eigenvalue weighted by atomic mass is 32.2. The summed E-state index contributed by atoms with van der Waals surface area (Å²) in [7, 11) is -3.28. The molecule has 1 fully saturated rings. The number of halogens is 3. The molecule has 1 heterocycles. The maximum Gasteiger partial charge on any atom is 0.391 e. The predicted octanol–water partition coefficient (Wildman–Crippen LogP) is 6.01. The molecule has 1 amide bonds. The van der Waals surface area contributed by atoms with Gasteiger partial charge in [-0.2, -0.15) is 13.2 Å². The summed E-state index contributed by atoms with van der Waals surface area (Å²) in [6.07, 6.45) is -2.90. The van der Waals surface area contributed by atoms with Crippen LogP contribution in [0.4, 0.5) is 13.2 Å². The van der Waals surface area contributed by atoms with E-state index in [0.29, 0.717) is 42.0 Å². The normalized spacial score (nSPS) is 18.3. The zero-order valence-electron chi connectivity index (χ0n) is 21.3. The molecule has 6 nitrogen and oxygen atoms in total. The van der Waals surface area contributed by atoms with E-state index >= 15 is 0 Å². The first-order valence-corrected chi connectivity index (χ1v) is 14.3. The maximum absolute atomic E-state index is 12.9. The molecule has 10 heteroatoms. The molecule has 1 aliphatic carbocycles. The summed E-state index contributed by atoms with van der Waals surface area (Å²) in [5, 5.41) is 3.56. The Kier molecular flexibility index (Phi) is 8.30. The highest BCUT2D eigenvalue weighted by molar-refractivity contribution is 7.91. The van der Waals surface area contributed by atoms with E-state index in [0.717, 1.165) is 10.9 Å². The average molecular weight is 549 g/mol. The van der Waals surface area contributed by atoms with E-state index < -0.39 is 21.9 Å². The number of carbonyl (C=O) groups excluding carboxylic acids is 1. The van der Waals surface area contributed by atoms with Gasteiger partial charge >= 0.3 is 6.18 Å². The van der Waals surface area contributed by atoms with Crippen LogP contribution in [0.2, 0.25) is 0 Å². The number of alkyl halides is 3. The number of fused-ring (bicyclic) bond motifs is 1. The van der Waals surface area contributed by atoms with Crippen molar-refractivity contribution in [3.8, 4) is 5.75 Å². The largest absolute Gasteiger partial charge is 0.493 e. The van der Waals surface area contributed by atoms with Crippen LogP contribution < -0.4 is 10.1 Å². The fraction of sp³-hybridized carbons (Fsp3) is 0.429. The number of nitrogens with one attached hydrogen (secondary N) is 1. The molecule has 38 heavy (non-hydrogen) atoms. The van der Waals surface area contributed by atoms with Gasteiger partial charge in [-0.05, 0) is 74.4 Å². The number of hydrogen-bond donors (Lipinski definition) is 1. The van der Waals surface area contributed by atoms with Crippen molar-refractivity contribution in [2.75, 3.05) is 12.4 Å². The van der Waals surface area contributed by atoms with Crippen molar-refractivity contribution in [3.63, 3.8) is 0 Å². The molecule has 0 saturated heterocycles. The molecule has 0 atom stereocenters. The van der Waals surface area contributed by atoms with Gasteiger partial charge in [0.05, 0.1) is 28.7 Å². The fourth-order valence-electron chi connectivity index (χ4n) is 4.71. The van der Waals surface area contributed by atoms with Crippen molar-refractivity contribution >= 4 is 26.6 Å². The quantitative estimate of drug-likeness (QED) is 0.372. The smallest absolute Gasteiger partial charge is 0.391 e. The molecule has 1 aliphatic rings. The van der Waals surface area contributed by atoms with Crippen molar-refractivity contribution in [3.05, 3.63) is 65.4 Å². The third-order valence-corrected chi connectivity index (χ3v) is 8.81. The lowest BCUT2D eigenvalue weighted by Gasteiger charge is -2.29. The standard InChI is InChI=1S/C28H31F3N2O4S/c1-3-38(35,36)23-11-6-19(7-12-23)16-32-27(34)21-8-13-24-25(15-21)33-18(2)14-26(24)37-17-20-4-9-22(10-5-20)28(29,30)31/h6-8,11-15,20,22H,3-5,9-10,16-17H2,1-2H3,(H,32,34). The minimum atomic E-state index is -4.13. The van der Waals surface area contributed by atoms with Gasteiger partial charge in [-0.15, -0.1) is 0 Å². The monoisotopic (exact) mass is 548 g/mol. The Morgan fingerprint density at radius 1 is 1.05 bits per heavy atom. The minimum Gasteiger partial charge on any atom is -0.493 e. The topological polar surface area (TPSA) is 85.4 Å².